The van der Waals surface area contributed by atoms with Crippen LogP contribution in [-0.4, -0.2) is 42.6 Å². The molecule has 1 fully saturated rings. The van der Waals surface area contributed by atoms with Crippen molar-refractivity contribution in [1.82, 2.24) is 4.90 Å². The summed E-state index contributed by atoms with van der Waals surface area (Å²) in [6, 6.07) is 0. The number of thioether (sulfide) groups is 1. The average Bonchev–Trinajstić information content (AvgIpc) is 2.17. The molecule has 1 saturated heterocycles. The summed E-state index contributed by atoms with van der Waals surface area (Å²) in [7, 11) is 0. The van der Waals surface area contributed by atoms with Gasteiger partial charge >= 0.3 is 0 Å². The molecule has 0 atom stereocenters. The van der Waals surface area contributed by atoms with Gasteiger partial charge in [-0.3, -0.25) is 0 Å². The lowest BCUT2D eigenvalue weighted by atomic mass is 9.89. The van der Waals surface area contributed by atoms with Crippen molar-refractivity contribution in [2.45, 2.75) is 20.3 Å². The second kappa shape index (κ2) is 5.23. The zero-order valence-electron chi connectivity index (χ0n) is 8.88. The van der Waals surface area contributed by atoms with Crippen LogP contribution in [0.5, 0.6) is 0 Å². The molecule has 0 aliphatic carbocycles. The van der Waals surface area contributed by atoms with E-state index in [1.54, 1.807) is 0 Å². The van der Waals surface area contributed by atoms with Crippen molar-refractivity contribution in [2.24, 2.45) is 11.1 Å². The molecule has 0 bridgehead atoms. The van der Waals surface area contributed by atoms with E-state index in [1.165, 1.54) is 37.6 Å². The first kappa shape index (κ1) is 11.3. The minimum absolute atomic E-state index is 0.324. The third-order valence-corrected chi connectivity index (χ3v) is 3.70. The second-order valence-electron chi connectivity index (χ2n) is 4.57. The lowest BCUT2D eigenvalue weighted by Gasteiger charge is -2.30. The van der Waals surface area contributed by atoms with Crippen LogP contribution in [0.4, 0.5) is 0 Å². The standard InChI is InChI=1S/C10H22N2S/c1-10(2,9-11)3-4-12-5-7-13-8-6-12/h3-9,11H2,1-2H3. The van der Waals surface area contributed by atoms with E-state index >= 15 is 0 Å². The van der Waals surface area contributed by atoms with Crippen molar-refractivity contribution < 1.29 is 0 Å². The largest absolute Gasteiger partial charge is 0.330 e. The summed E-state index contributed by atoms with van der Waals surface area (Å²) in [5.41, 5.74) is 6.02. The van der Waals surface area contributed by atoms with E-state index in [9.17, 15) is 0 Å². The van der Waals surface area contributed by atoms with E-state index in [0.717, 1.165) is 6.54 Å². The summed E-state index contributed by atoms with van der Waals surface area (Å²) in [6.45, 7) is 9.08. The lowest BCUT2D eigenvalue weighted by molar-refractivity contribution is 0.237. The fraction of sp³-hybridized carbons (Fsp3) is 1.00. The summed E-state index contributed by atoms with van der Waals surface area (Å²) in [5, 5.41) is 0. The molecule has 2 N–H and O–H groups in total. The molecule has 0 aromatic rings. The van der Waals surface area contributed by atoms with E-state index in [-0.39, 0.29) is 0 Å². The highest BCUT2D eigenvalue weighted by Gasteiger charge is 2.18. The van der Waals surface area contributed by atoms with Crippen LogP contribution in [0.25, 0.3) is 0 Å². The lowest BCUT2D eigenvalue weighted by Crippen LogP contribution is -2.36. The van der Waals surface area contributed by atoms with Crippen molar-refractivity contribution in [1.29, 1.82) is 0 Å². The van der Waals surface area contributed by atoms with Crippen molar-refractivity contribution in [2.75, 3.05) is 37.7 Å². The highest BCUT2D eigenvalue weighted by atomic mass is 32.2. The molecule has 13 heavy (non-hydrogen) atoms. The highest BCUT2D eigenvalue weighted by Crippen LogP contribution is 2.19. The van der Waals surface area contributed by atoms with Crippen LogP contribution >= 0.6 is 11.8 Å². The summed E-state index contributed by atoms with van der Waals surface area (Å²) in [4.78, 5) is 2.56. The molecule has 1 rings (SSSR count). The Morgan fingerprint density at radius 2 is 1.92 bits per heavy atom. The Morgan fingerprint density at radius 1 is 1.31 bits per heavy atom. The van der Waals surface area contributed by atoms with Gasteiger partial charge in [-0.05, 0) is 24.9 Å². The van der Waals surface area contributed by atoms with Gasteiger partial charge < -0.3 is 10.6 Å². The topological polar surface area (TPSA) is 29.3 Å². The van der Waals surface area contributed by atoms with Gasteiger partial charge in [-0.15, -0.1) is 0 Å². The number of hydrogen-bond donors (Lipinski definition) is 1. The van der Waals surface area contributed by atoms with Gasteiger partial charge in [0.15, 0.2) is 0 Å². The third kappa shape index (κ3) is 4.34. The first-order valence-corrected chi connectivity index (χ1v) is 6.30. The van der Waals surface area contributed by atoms with Crippen molar-refractivity contribution >= 4 is 11.8 Å². The Balaban J connectivity index is 2.17. The molecule has 3 heteroatoms. The van der Waals surface area contributed by atoms with Gasteiger partial charge in [-0.25, -0.2) is 0 Å². The summed E-state index contributed by atoms with van der Waals surface area (Å²) in [5.74, 6) is 2.62. The minimum atomic E-state index is 0.324. The van der Waals surface area contributed by atoms with Crippen LogP contribution in [0.15, 0.2) is 0 Å². The van der Waals surface area contributed by atoms with Crippen LogP contribution < -0.4 is 5.73 Å². The Labute approximate surface area is 86.2 Å². The maximum Gasteiger partial charge on any atom is 0.00727 e. The Morgan fingerprint density at radius 3 is 2.46 bits per heavy atom. The number of rotatable bonds is 4. The highest BCUT2D eigenvalue weighted by molar-refractivity contribution is 7.99. The molecule has 0 unspecified atom stereocenters. The zero-order valence-corrected chi connectivity index (χ0v) is 9.70. The molecule has 0 amide bonds. The average molecular weight is 202 g/mol. The van der Waals surface area contributed by atoms with Crippen molar-refractivity contribution in [3.63, 3.8) is 0 Å². The summed E-state index contributed by atoms with van der Waals surface area (Å²) >= 11 is 2.07. The Kier molecular flexibility index (Phi) is 4.56. The van der Waals surface area contributed by atoms with Gasteiger partial charge in [-0.2, -0.15) is 11.8 Å². The van der Waals surface area contributed by atoms with Gasteiger partial charge in [-0.1, -0.05) is 13.8 Å². The molecule has 0 radical (unpaired) electrons. The smallest absolute Gasteiger partial charge is 0.00727 e. The quantitative estimate of drug-likeness (QED) is 0.747. The molecular weight excluding hydrogens is 180 g/mol. The van der Waals surface area contributed by atoms with Gasteiger partial charge in [0.05, 0.1) is 0 Å². The number of nitrogens with zero attached hydrogens (tertiary/aromatic N) is 1. The Hall–Kier alpha value is 0.270. The molecule has 1 aliphatic heterocycles. The molecule has 0 spiro atoms. The fourth-order valence-electron chi connectivity index (χ4n) is 1.39. The molecule has 0 saturated carbocycles. The van der Waals surface area contributed by atoms with E-state index in [0.29, 0.717) is 5.41 Å². The van der Waals surface area contributed by atoms with Crippen molar-refractivity contribution in [3.05, 3.63) is 0 Å². The predicted octanol–water partition coefficient (Wildman–Crippen LogP) is 1.41. The predicted molar refractivity (Wildman–Crippen MR) is 61.2 cm³/mol. The Bertz CT molecular complexity index is 142. The zero-order chi connectivity index (χ0) is 9.73. The molecule has 0 aromatic carbocycles. The van der Waals surface area contributed by atoms with E-state index in [2.05, 4.69) is 30.5 Å². The first-order valence-electron chi connectivity index (χ1n) is 5.14. The molecule has 2 nitrogen and oxygen atoms in total. The molecule has 78 valence electrons. The maximum absolute atomic E-state index is 5.70. The van der Waals surface area contributed by atoms with Crippen LogP contribution in [0.3, 0.4) is 0 Å². The van der Waals surface area contributed by atoms with Crippen molar-refractivity contribution in [3.8, 4) is 0 Å². The summed E-state index contributed by atoms with van der Waals surface area (Å²) in [6.07, 6.45) is 1.23. The SMILES string of the molecule is CC(C)(CN)CCN1CCSCC1. The van der Waals surface area contributed by atoms with Gasteiger partial charge in [0.2, 0.25) is 0 Å². The van der Waals surface area contributed by atoms with Gasteiger partial charge in [0, 0.05) is 24.6 Å². The normalized spacial score (nSPS) is 20.5. The molecule has 1 heterocycles. The number of hydrogen-bond acceptors (Lipinski definition) is 3. The minimum Gasteiger partial charge on any atom is -0.330 e. The van der Waals surface area contributed by atoms with Crippen LogP contribution in [0.1, 0.15) is 20.3 Å². The molecule has 0 aromatic heterocycles. The summed E-state index contributed by atoms with van der Waals surface area (Å²) < 4.78 is 0. The van der Waals surface area contributed by atoms with E-state index < -0.39 is 0 Å². The molecule has 1 aliphatic rings. The van der Waals surface area contributed by atoms with Crippen LogP contribution in [0.2, 0.25) is 0 Å². The van der Waals surface area contributed by atoms with Crippen LogP contribution in [0, 0.1) is 5.41 Å². The van der Waals surface area contributed by atoms with Crippen LogP contribution in [-0.2, 0) is 0 Å². The van der Waals surface area contributed by atoms with Gasteiger partial charge in [0.1, 0.15) is 0 Å². The fourth-order valence-corrected chi connectivity index (χ4v) is 2.37. The van der Waals surface area contributed by atoms with Gasteiger partial charge in [0.25, 0.3) is 0 Å². The molecular formula is C10H22N2S. The van der Waals surface area contributed by atoms with E-state index in [1.807, 2.05) is 0 Å². The first-order chi connectivity index (χ1) is 6.14. The second-order valence-corrected chi connectivity index (χ2v) is 5.80. The monoisotopic (exact) mass is 202 g/mol. The maximum atomic E-state index is 5.70. The van der Waals surface area contributed by atoms with E-state index in [4.69, 9.17) is 5.73 Å². The number of nitrogens with two attached hydrogens (primary N) is 1. The third-order valence-electron chi connectivity index (χ3n) is 2.76.